The highest BCUT2D eigenvalue weighted by Gasteiger charge is 2.43. The van der Waals surface area contributed by atoms with E-state index in [2.05, 4.69) is 15.4 Å². The fourth-order valence-electron chi connectivity index (χ4n) is 3.62. The average molecular weight is 355 g/mol. The topological polar surface area (TPSA) is 78.9 Å². The highest BCUT2D eigenvalue weighted by Crippen LogP contribution is 2.44. The van der Waals surface area contributed by atoms with Crippen LogP contribution in [0.1, 0.15) is 32.9 Å². The van der Waals surface area contributed by atoms with Crippen molar-refractivity contribution in [2.24, 2.45) is 0 Å². The van der Waals surface area contributed by atoms with Gasteiger partial charge in [-0.2, -0.15) is 10.3 Å². The van der Waals surface area contributed by atoms with Gasteiger partial charge in [-0.1, -0.05) is 91.0 Å². The highest BCUT2D eigenvalue weighted by atomic mass is 16.4. The number of aromatic carboxylic acids is 1. The second-order valence-corrected chi connectivity index (χ2v) is 6.17. The Labute approximate surface area is 156 Å². The average Bonchev–Trinajstić information content (AvgIpc) is 3.22. The molecule has 0 atom stereocenters. The van der Waals surface area contributed by atoms with Crippen molar-refractivity contribution in [3.8, 4) is 0 Å². The van der Waals surface area contributed by atoms with Crippen molar-refractivity contribution in [3.63, 3.8) is 0 Å². The Hall–Kier alpha value is -3.73. The number of carbonyl (C=O) groups is 1. The van der Waals surface area contributed by atoms with Gasteiger partial charge in [-0.25, -0.2) is 4.79 Å². The quantitative estimate of drug-likeness (QED) is 0.533. The van der Waals surface area contributed by atoms with Crippen molar-refractivity contribution >= 4 is 5.97 Å². The summed E-state index contributed by atoms with van der Waals surface area (Å²) in [6.45, 7) is 0. The standard InChI is InChI=1S/C22H17N3O2/c26-21(27)19-20(24-25-23-19)22(16-10-4-1-5-11-16,17-12-6-2-7-13-17)18-14-8-3-9-15-18/h1-15H,(H,26,27)(H,23,24,25). The van der Waals surface area contributed by atoms with Gasteiger partial charge in [0.25, 0.3) is 0 Å². The molecule has 4 aromatic rings. The molecular weight excluding hydrogens is 338 g/mol. The zero-order valence-electron chi connectivity index (χ0n) is 14.4. The van der Waals surface area contributed by atoms with Crippen LogP contribution in [0.2, 0.25) is 0 Å². The van der Waals surface area contributed by atoms with Crippen LogP contribution in [-0.4, -0.2) is 26.5 Å². The summed E-state index contributed by atoms with van der Waals surface area (Å²) in [5.74, 6) is -1.12. The lowest BCUT2D eigenvalue weighted by Gasteiger charge is -2.34. The van der Waals surface area contributed by atoms with Crippen LogP contribution in [0, 0.1) is 0 Å². The summed E-state index contributed by atoms with van der Waals surface area (Å²) < 4.78 is 0. The van der Waals surface area contributed by atoms with Crippen molar-refractivity contribution in [2.75, 3.05) is 0 Å². The summed E-state index contributed by atoms with van der Waals surface area (Å²) in [5.41, 5.74) is 2.10. The molecule has 0 fully saturated rings. The van der Waals surface area contributed by atoms with E-state index in [1.807, 2.05) is 91.0 Å². The first-order valence-corrected chi connectivity index (χ1v) is 8.55. The van der Waals surface area contributed by atoms with E-state index in [9.17, 15) is 9.90 Å². The maximum atomic E-state index is 11.9. The van der Waals surface area contributed by atoms with Crippen LogP contribution in [0.15, 0.2) is 91.0 Å². The second kappa shape index (κ2) is 6.88. The predicted molar refractivity (Wildman–Crippen MR) is 102 cm³/mol. The number of nitrogens with one attached hydrogen (secondary N) is 1. The lowest BCUT2D eigenvalue weighted by atomic mass is 9.66. The molecule has 0 amide bonds. The first kappa shape index (κ1) is 16.7. The van der Waals surface area contributed by atoms with Gasteiger partial charge in [-0.05, 0) is 16.7 Å². The number of carboxylic acids is 1. The van der Waals surface area contributed by atoms with Crippen molar-refractivity contribution in [1.82, 2.24) is 15.4 Å². The number of aromatic amines is 1. The highest BCUT2D eigenvalue weighted by molar-refractivity contribution is 5.88. The van der Waals surface area contributed by atoms with Gasteiger partial charge in [0.05, 0.1) is 5.41 Å². The molecule has 132 valence electrons. The Morgan fingerprint density at radius 2 is 1.11 bits per heavy atom. The fraction of sp³-hybridized carbons (Fsp3) is 0.0455. The minimum atomic E-state index is -1.12. The minimum absolute atomic E-state index is 0.0911. The zero-order chi connectivity index (χ0) is 18.7. The second-order valence-electron chi connectivity index (χ2n) is 6.17. The number of benzene rings is 3. The third-order valence-corrected chi connectivity index (χ3v) is 4.73. The Morgan fingerprint density at radius 3 is 1.48 bits per heavy atom. The van der Waals surface area contributed by atoms with Crippen LogP contribution < -0.4 is 0 Å². The van der Waals surface area contributed by atoms with E-state index in [1.165, 1.54) is 0 Å². The maximum absolute atomic E-state index is 11.9. The molecule has 5 nitrogen and oxygen atoms in total. The van der Waals surface area contributed by atoms with E-state index in [-0.39, 0.29) is 5.69 Å². The monoisotopic (exact) mass is 355 g/mol. The van der Waals surface area contributed by atoms with Crippen LogP contribution in [0.5, 0.6) is 0 Å². The minimum Gasteiger partial charge on any atom is -0.476 e. The van der Waals surface area contributed by atoms with Crippen LogP contribution in [0.3, 0.4) is 0 Å². The van der Waals surface area contributed by atoms with Gasteiger partial charge < -0.3 is 5.11 Å². The number of hydrogen-bond donors (Lipinski definition) is 2. The Morgan fingerprint density at radius 1 is 0.704 bits per heavy atom. The number of carboxylic acid groups (broad SMARTS) is 1. The first-order chi connectivity index (χ1) is 13.2. The summed E-state index contributed by atoms with van der Waals surface area (Å²) in [5, 5.41) is 20.5. The predicted octanol–water partition coefficient (Wildman–Crippen LogP) is 3.89. The molecule has 0 saturated heterocycles. The number of H-pyrrole nitrogens is 1. The van der Waals surface area contributed by atoms with Crippen molar-refractivity contribution in [1.29, 1.82) is 0 Å². The molecule has 0 aliphatic heterocycles. The molecule has 27 heavy (non-hydrogen) atoms. The van der Waals surface area contributed by atoms with Gasteiger partial charge in [-0.15, -0.1) is 5.10 Å². The zero-order valence-corrected chi connectivity index (χ0v) is 14.4. The smallest absolute Gasteiger partial charge is 0.358 e. The SMILES string of the molecule is O=C(O)c1n[nH]nc1C(c1ccccc1)(c1ccccc1)c1ccccc1. The molecule has 0 saturated carbocycles. The Kier molecular flexibility index (Phi) is 4.26. The van der Waals surface area contributed by atoms with E-state index in [4.69, 9.17) is 0 Å². The molecule has 5 heteroatoms. The summed E-state index contributed by atoms with van der Waals surface area (Å²) in [4.78, 5) is 11.9. The molecule has 0 radical (unpaired) electrons. The first-order valence-electron chi connectivity index (χ1n) is 8.55. The molecule has 1 heterocycles. The summed E-state index contributed by atoms with van der Waals surface area (Å²) >= 11 is 0. The third kappa shape index (κ3) is 2.69. The summed E-state index contributed by atoms with van der Waals surface area (Å²) in [7, 11) is 0. The molecular formula is C22H17N3O2. The molecule has 0 bridgehead atoms. The Bertz CT molecular complexity index is 948. The lowest BCUT2D eigenvalue weighted by Crippen LogP contribution is -2.33. The van der Waals surface area contributed by atoms with Crippen molar-refractivity contribution in [2.45, 2.75) is 5.41 Å². The third-order valence-electron chi connectivity index (χ3n) is 4.73. The van der Waals surface area contributed by atoms with Crippen molar-refractivity contribution in [3.05, 3.63) is 119 Å². The molecule has 0 aliphatic rings. The maximum Gasteiger partial charge on any atom is 0.358 e. The molecule has 4 rings (SSSR count). The molecule has 2 N–H and O–H groups in total. The normalized spacial score (nSPS) is 11.3. The molecule has 0 aliphatic carbocycles. The van der Waals surface area contributed by atoms with Crippen LogP contribution in [0.4, 0.5) is 0 Å². The van der Waals surface area contributed by atoms with E-state index >= 15 is 0 Å². The van der Waals surface area contributed by atoms with E-state index in [0.717, 1.165) is 16.7 Å². The number of nitrogens with zero attached hydrogens (tertiary/aromatic N) is 2. The van der Waals surface area contributed by atoms with Gasteiger partial charge >= 0.3 is 5.97 Å². The molecule has 0 spiro atoms. The van der Waals surface area contributed by atoms with Gasteiger partial charge in [0.2, 0.25) is 0 Å². The van der Waals surface area contributed by atoms with Crippen LogP contribution >= 0.6 is 0 Å². The number of aromatic nitrogens is 3. The van der Waals surface area contributed by atoms with E-state index < -0.39 is 11.4 Å². The fourth-order valence-corrected chi connectivity index (χ4v) is 3.62. The summed E-state index contributed by atoms with van der Waals surface area (Å²) in [6.07, 6.45) is 0. The van der Waals surface area contributed by atoms with E-state index in [1.54, 1.807) is 0 Å². The number of rotatable bonds is 5. The largest absolute Gasteiger partial charge is 0.476 e. The number of hydrogen-bond acceptors (Lipinski definition) is 3. The van der Waals surface area contributed by atoms with Gasteiger partial charge in [0, 0.05) is 0 Å². The summed E-state index contributed by atoms with van der Waals surface area (Å²) in [6, 6.07) is 29.4. The van der Waals surface area contributed by atoms with Gasteiger partial charge in [0.15, 0.2) is 5.69 Å². The molecule has 0 unspecified atom stereocenters. The van der Waals surface area contributed by atoms with E-state index in [0.29, 0.717) is 5.69 Å². The van der Waals surface area contributed by atoms with Gasteiger partial charge in [-0.3, -0.25) is 0 Å². The Balaban J connectivity index is 2.17. The van der Waals surface area contributed by atoms with Crippen LogP contribution in [-0.2, 0) is 5.41 Å². The van der Waals surface area contributed by atoms with Crippen molar-refractivity contribution < 1.29 is 9.90 Å². The molecule has 1 aromatic heterocycles. The lowest BCUT2D eigenvalue weighted by molar-refractivity contribution is 0.0688. The van der Waals surface area contributed by atoms with Crippen LogP contribution in [0.25, 0.3) is 0 Å². The molecule has 3 aromatic carbocycles. The van der Waals surface area contributed by atoms with Gasteiger partial charge in [0.1, 0.15) is 5.69 Å².